The molecule has 1 amide bonds. The molecule has 10 nitrogen and oxygen atoms in total. The summed E-state index contributed by atoms with van der Waals surface area (Å²) in [6, 6.07) is 12.9. The van der Waals surface area contributed by atoms with Crippen LogP contribution in [-0.4, -0.2) is 55.3 Å². The number of nitrogens with one attached hydrogen (secondary N) is 1. The molecule has 1 fully saturated rings. The van der Waals surface area contributed by atoms with Crippen molar-refractivity contribution in [2.45, 2.75) is 45.3 Å². The molecule has 1 aliphatic rings. The lowest BCUT2D eigenvalue weighted by Crippen LogP contribution is -2.34. The van der Waals surface area contributed by atoms with E-state index in [0.29, 0.717) is 57.2 Å². The van der Waals surface area contributed by atoms with Crippen molar-refractivity contribution in [2.24, 2.45) is 5.92 Å². The molecule has 1 atom stereocenters. The summed E-state index contributed by atoms with van der Waals surface area (Å²) in [5, 5.41) is 12.1. The van der Waals surface area contributed by atoms with E-state index in [4.69, 9.17) is 42.8 Å². The Morgan fingerprint density at radius 2 is 1.98 bits per heavy atom. The smallest absolute Gasteiger partial charge is 0.322 e. The van der Waals surface area contributed by atoms with E-state index < -0.39 is 18.4 Å². The van der Waals surface area contributed by atoms with Crippen molar-refractivity contribution in [3.63, 3.8) is 0 Å². The highest BCUT2D eigenvalue weighted by Gasteiger charge is 2.41. The van der Waals surface area contributed by atoms with Crippen molar-refractivity contribution in [1.29, 1.82) is 0 Å². The third kappa shape index (κ3) is 6.89. The van der Waals surface area contributed by atoms with Gasteiger partial charge < -0.3 is 24.5 Å². The first kappa shape index (κ1) is 28.6. The maximum Gasteiger partial charge on any atom is 0.322 e. The number of hydrogen-bond donors (Lipinski definition) is 2. The van der Waals surface area contributed by atoms with E-state index in [1.807, 2.05) is 41.8 Å². The number of hydrogen-bond acceptors (Lipinski definition) is 7. The fourth-order valence-corrected chi connectivity index (χ4v) is 4.73. The van der Waals surface area contributed by atoms with E-state index in [2.05, 4.69) is 15.3 Å². The van der Waals surface area contributed by atoms with Crippen LogP contribution in [0, 0.1) is 5.92 Å². The van der Waals surface area contributed by atoms with E-state index >= 15 is 0 Å². The zero-order chi connectivity index (χ0) is 29.1. The van der Waals surface area contributed by atoms with Crippen LogP contribution in [0.3, 0.4) is 0 Å². The number of aromatic nitrogens is 4. The Morgan fingerprint density at radius 3 is 2.68 bits per heavy atom. The molecule has 1 aliphatic carbocycles. The van der Waals surface area contributed by atoms with Crippen molar-refractivity contribution in [3.8, 4) is 23.0 Å². The summed E-state index contributed by atoms with van der Waals surface area (Å²) >= 11 is 13.0. The van der Waals surface area contributed by atoms with Crippen LogP contribution in [0.25, 0.3) is 22.6 Å². The number of amides is 1. The molecular formula is C29H29Cl2N5O5. The third-order valence-electron chi connectivity index (χ3n) is 6.89. The van der Waals surface area contributed by atoms with Crippen LogP contribution in [0.4, 0.5) is 0 Å². The maximum absolute atomic E-state index is 12.0. The molecule has 0 saturated heterocycles. The van der Waals surface area contributed by atoms with Gasteiger partial charge in [-0.25, -0.2) is 9.97 Å². The molecule has 4 aromatic rings. The van der Waals surface area contributed by atoms with Gasteiger partial charge in [-0.2, -0.15) is 4.98 Å². The Balaban J connectivity index is 1.40. The normalized spacial score (nSPS) is 14.4. The number of ether oxygens (including phenoxy) is 2. The van der Waals surface area contributed by atoms with Crippen LogP contribution in [-0.2, 0) is 16.1 Å². The summed E-state index contributed by atoms with van der Waals surface area (Å²) in [7, 11) is 0. The first-order valence-corrected chi connectivity index (χ1v) is 13.9. The highest BCUT2D eigenvalue weighted by atomic mass is 35.5. The minimum atomic E-state index is -1.09. The van der Waals surface area contributed by atoms with E-state index in [9.17, 15) is 9.59 Å². The number of fused-ring (bicyclic) bond motifs is 1. The molecule has 5 rings (SSSR count). The molecule has 0 unspecified atom stereocenters. The molecule has 214 valence electrons. The van der Waals surface area contributed by atoms with Crippen molar-refractivity contribution < 1.29 is 24.2 Å². The van der Waals surface area contributed by atoms with Crippen molar-refractivity contribution in [3.05, 3.63) is 64.4 Å². The number of carboxylic acid groups (broad SMARTS) is 1. The van der Waals surface area contributed by atoms with E-state index in [-0.39, 0.29) is 18.1 Å². The Morgan fingerprint density at radius 1 is 1.17 bits per heavy atom. The van der Waals surface area contributed by atoms with Gasteiger partial charge in [0.15, 0.2) is 11.2 Å². The fourth-order valence-electron chi connectivity index (χ4n) is 4.26. The Kier molecular flexibility index (Phi) is 8.32. The number of halogens is 2. The predicted octanol–water partition coefficient (Wildman–Crippen LogP) is 5.39. The zero-order valence-corrected chi connectivity index (χ0v) is 24.1. The molecule has 2 aromatic heterocycles. The Hall–Kier alpha value is -3.89. The van der Waals surface area contributed by atoms with Crippen LogP contribution in [0.1, 0.15) is 38.7 Å². The monoisotopic (exact) mass is 597 g/mol. The molecule has 0 bridgehead atoms. The van der Waals surface area contributed by atoms with Gasteiger partial charge in [0.05, 0.1) is 18.2 Å². The summed E-state index contributed by atoms with van der Waals surface area (Å²) in [5.41, 5.74) is 2.54. The number of rotatable bonds is 12. The largest absolute Gasteiger partial charge is 0.494 e. The summed E-state index contributed by atoms with van der Waals surface area (Å²) in [4.78, 5) is 36.5. The summed E-state index contributed by atoms with van der Waals surface area (Å²) in [6.45, 7) is 4.03. The quantitative estimate of drug-likeness (QED) is 0.222. The minimum absolute atomic E-state index is 0.247. The third-order valence-corrected chi connectivity index (χ3v) is 7.44. The molecule has 0 aliphatic heterocycles. The SMILES string of the molecule is C[C@@H](CCOc1ccc(-c2nc3c(OC4(C)CC4)ncnc3n2Cc2cccc(Cl)c2)c(Cl)c1)C(=O)NCC(=O)O. The number of nitrogens with zero attached hydrogens (tertiary/aromatic N) is 4. The lowest BCUT2D eigenvalue weighted by Gasteiger charge is -2.14. The second kappa shape index (κ2) is 11.9. The Labute approximate surface area is 246 Å². The highest BCUT2D eigenvalue weighted by Crippen LogP contribution is 2.41. The van der Waals surface area contributed by atoms with Gasteiger partial charge in [0, 0.05) is 16.5 Å². The van der Waals surface area contributed by atoms with Crippen LogP contribution in [0.15, 0.2) is 48.8 Å². The number of benzene rings is 2. The molecule has 12 heteroatoms. The maximum atomic E-state index is 12.0. The van der Waals surface area contributed by atoms with E-state index in [1.54, 1.807) is 19.1 Å². The summed E-state index contributed by atoms with van der Waals surface area (Å²) < 4.78 is 14.0. The Bertz CT molecular complexity index is 1600. The molecule has 0 radical (unpaired) electrons. The average Bonchev–Trinajstić information content (AvgIpc) is 3.55. The van der Waals surface area contributed by atoms with Crippen LogP contribution >= 0.6 is 23.2 Å². The van der Waals surface area contributed by atoms with E-state index in [0.717, 1.165) is 18.4 Å². The number of aliphatic carboxylic acids is 1. The molecule has 0 spiro atoms. The molecule has 2 heterocycles. The molecule has 2 aromatic carbocycles. The number of carbonyl (C=O) groups excluding carboxylic acids is 1. The van der Waals surface area contributed by atoms with Gasteiger partial charge >= 0.3 is 5.97 Å². The second-order valence-electron chi connectivity index (χ2n) is 10.3. The topological polar surface area (TPSA) is 128 Å². The van der Waals surface area contributed by atoms with Gasteiger partial charge in [-0.15, -0.1) is 0 Å². The van der Waals surface area contributed by atoms with Crippen LogP contribution in [0.2, 0.25) is 10.0 Å². The second-order valence-corrected chi connectivity index (χ2v) is 11.2. The summed E-state index contributed by atoms with van der Waals surface area (Å²) in [6.07, 6.45) is 3.78. The molecular weight excluding hydrogens is 569 g/mol. The van der Waals surface area contributed by atoms with Gasteiger partial charge in [-0.3, -0.25) is 9.59 Å². The lowest BCUT2D eigenvalue weighted by molar-refractivity contribution is -0.138. The van der Waals surface area contributed by atoms with Crippen molar-refractivity contribution in [2.75, 3.05) is 13.2 Å². The number of carbonyl (C=O) groups is 2. The standard InChI is InChI=1S/C29H29Cl2N5O5/c1-17(27(39)32-14-23(37)38)8-11-40-20-6-7-21(22(31)13-20)25-35-24-26(33-16-34-28(24)41-29(2)9-10-29)36(25)15-18-4-3-5-19(30)12-18/h3-7,12-13,16-17H,8-11,14-15H2,1-2H3,(H,32,39)(H,37,38)/t17-/m0/s1. The minimum Gasteiger partial charge on any atom is -0.494 e. The molecule has 1 saturated carbocycles. The van der Waals surface area contributed by atoms with Gasteiger partial charge in [-0.05, 0) is 62.1 Å². The first-order valence-electron chi connectivity index (χ1n) is 13.2. The first-order chi connectivity index (χ1) is 19.6. The van der Waals surface area contributed by atoms with Crippen LogP contribution in [0.5, 0.6) is 11.6 Å². The van der Waals surface area contributed by atoms with Crippen molar-refractivity contribution >= 4 is 46.2 Å². The fraction of sp³-hybridized carbons (Fsp3) is 0.345. The van der Waals surface area contributed by atoms with Gasteiger partial charge in [0.1, 0.15) is 30.0 Å². The number of carboxylic acids is 1. The predicted molar refractivity (Wildman–Crippen MR) is 155 cm³/mol. The average molecular weight is 598 g/mol. The zero-order valence-electron chi connectivity index (χ0n) is 22.6. The van der Waals surface area contributed by atoms with Gasteiger partial charge in [-0.1, -0.05) is 42.3 Å². The van der Waals surface area contributed by atoms with Crippen LogP contribution < -0.4 is 14.8 Å². The van der Waals surface area contributed by atoms with Gasteiger partial charge in [0.2, 0.25) is 11.8 Å². The number of imidazole rings is 1. The summed E-state index contributed by atoms with van der Waals surface area (Å²) in [5.74, 6) is -0.299. The highest BCUT2D eigenvalue weighted by molar-refractivity contribution is 6.33. The molecule has 2 N–H and O–H groups in total. The lowest BCUT2D eigenvalue weighted by atomic mass is 10.1. The van der Waals surface area contributed by atoms with Gasteiger partial charge in [0.25, 0.3) is 0 Å². The van der Waals surface area contributed by atoms with E-state index in [1.165, 1.54) is 6.33 Å². The molecule has 41 heavy (non-hydrogen) atoms. The van der Waals surface area contributed by atoms with Crippen molar-refractivity contribution in [1.82, 2.24) is 24.8 Å².